The van der Waals surface area contributed by atoms with Gasteiger partial charge in [-0.3, -0.25) is 4.79 Å². The molecule has 2 atom stereocenters. The van der Waals surface area contributed by atoms with E-state index in [9.17, 15) is 15.0 Å². The number of rotatable bonds is 10. The van der Waals surface area contributed by atoms with Crippen LogP contribution in [0.3, 0.4) is 0 Å². The van der Waals surface area contributed by atoms with E-state index in [0.717, 1.165) is 29.5 Å². The van der Waals surface area contributed by atoms with Crippen LogP contribution in [-0.2, 0) is 4.79 Å². The second kappa shape index (κ2) is 11.4. The van der Waals surface area contributed by atoms with Gasteiger partial charge in [-0.1, -0.05) is 60.7 Å². The van der Waals surface area contributed by atoms with Crippen molar-refractivity contribution in [2.24, 2.45) is 5.92 Å². The molecular formula is C28H33N3O4. The van der Waals surface area contributed by atoms with Crippen LogP contribution in [0.5, 0.6) is 0 Å². The molecule has 1 amide bonds. The highest BCUT2D eigenvalue weighted by Gasteiger charge is 2.35. The van der Waals surface area contributed by atoms with Crippen LogP contribution < -0.4 is 5.32 Å². The van der Waals surface area contributed by atoms with Crippen LogP contribution in [0.2, 0.25) is 0 Å². The first-order valence-electron chi connectivity index (χ1n) is 12.1. The zero-order valence-corrected chi connectivity index (χ0v) is 19.9. The molecule has 184 valence electrons. The van der Waals surface area contributed by atoms with Gasteiger partial charge < -0.3 is 25.2 Å². The Labute approximate surface area is 205 Å². The number of amides is 1. The Morgan fingerprint density at radius 3 is 2.37 bits per heavy atom. The summed E-state index contributed by atoms with van der Waals surface area (Å²) in [6.07, 6.45) is 8.25. The van der Waals surface area contributed by atoms with Gasteiger partial charge in [0.25, 0.3) is 0 Å². The van der Waals surface area contributed by atoms with Crippen molar-refractivity contribution < 1.29 is 20.1 Å². The maximum Gasteiger partial charge on any atom is 0.223 e. The highest BCUT2D eigenvalue weighted by molar-refractivity contribution is 5.80. The molecular weight excluding hydrogens is 442 g/mol. The Morgan fingerprint density at radius 2 is 1.77 bits per heavy atom. The third-order valence-electron chi connectivity index (χ3n) is 6.67. The zero-order chi connectivity index (χ0) is 24.8. The van der Waals surface area contributed by atoms with Crippen molar-refractivity contribution in [2.45, 2.75) is 37.8 Å². The maximum atomic E-state index is 12.0. The van der Waals surface area contributed by atoms with Gasteiger partial charge in [0.15, 0.2) is 0 Å². The maximum absolute atomic E-state index is 12.0. The summed E-state index contributed by atoms with van der Waals surface area (Å²) < 4.78 is 1.78. The van der Waals surface area contributed by atoms with Crippen molar-refractivity contribution in [1.82, 2.24) is 14.9 Å². The Hall–Kier alpha value is -3.26. The molecule has 1 aromatic heterocycles. The van der Waals surface area contributed by atoms with E-state index >= 15 is 0 Å². The van der Waals surface area contributed by atoms with E-state index in [2.05, 4.69) is 46.7 Å². The van der Waals surface area contributed by atoms with Crippen molar-refractivity contribution in [3.8, 4) is 11.1 Å². The highest BCUT2D eigenvalue weighted by atomic mass is 16.3. The monoisotopic (exact) mass is 475 g/mol. The lowest BCUT2D eigenvalue weighted by Gasteiger charge is -2.34. The van der Waals surface area contributed by atoms with Gasteiger partial charge >= 0.3 is 0 Å². The Morgan fingerprint density at radius 1 is 1.11 bits per heavy atom. The Bertz CT molecular complexity index is 1130. The molecule has 0 aliphatic heterocycles. The predicted molar refractivity (Wildman–Crippen MR) is 135 cm³/mol. The first-order chi connectivity index (χ1) is 17.0. The molecule has 3 aromatic rings. The summed E-state index contributed by atoms with van der Waals surface area (Å²) in [7, 11) is 0. The number of nitrogens with one attached hydrogen (secondary N) is 1. The molecule has 0 saturated heterocycles. The van der Waals surface area contributed by atoms with Crippen LogP contribution in [0.15, 0.2) is 67.0 Å². The third-order valence-corrected chi connectivity index (χ3v) is 6.67. The molecule has 4 rings (SSSR count). The molecule has 0 bridgehead atoms. The van der Waals surface area contributed by atoms with E-state index in [1.54, 1.807) is 23.9 Å². The van der Waals surface area contributed by atoms with E-state index < -0.39 is 6.10 Å². The quantitative estimate of drug-likeness (QED) is 0.359. The van der Waals surface area contributed by atoms with Crippen molar-refractivity contribution in [3.63, 3.8) is 0 Å². The van der Waals surface area contributed by atoms with Gasteiger partial charge in [-0.2, -0.15) is 0 Å². The number of hydrogen-bond acceptors (Lipinski definition) is 5. The summed E-state index contributed by atoms with van der Waals surface area (Å²) in [5.74, 6) is 1.02. The van der Waals surface area contributed by atoms with Crippen LogP contribution in [0.25, 0.3) is 17.2 Å². The van der Waals surface area contributed by atoms with Crippen LogP contribution in [0.1, 0.15) is 54.8 Å². The van der Waals surface area contributed by atoms with Crippen LogP contribution in [-0.4, -0.2) is 50.5 Å². The standard InChI is InChI=1S/C28H33N3O4/c1-19(34)27-29-12-14-31(27)26(18-33)11-4-20-2-5-21(6-3-20)22-7-9-23(10-8-22)24-16-25(17-24)28(35)30-13-15-32/h2-12,14,19,24-26,32-34H,13,15-18H2,1H3,(H,30,35)/b11-4+/t19-,24?,25?,26?/m0/s1. The first-order valence-corrected chi connectivity index (χ1v) is 12.1. The lowest BCUT2D eigenvalue weighted by molar-refractivity contribution is -0.128. The lowest BCUT2D eigenvalue weighted by Crippen LogP contribution is -2.39. The van der Waals surface area contributed by atoms with Crippen LogP contribution in [0.4, 0.5) is 0 Å². The van der Waals surface area contributed by atoms with Gasteiger partial charge in [-0.25, -0.2) is 4.98 Å². The molecule has 1 saturated carbocycles. The number of nitrogens with zero attached hydrogens (tertiary/aromatic N) is 2. The van der Waals surface area contributed by atoms with Gasteiger partial charge in [-0.05, 0) is 47.9 Å². The van der Waals surface area contributed by atoms with E-state index in [-0.39, 0.29) is 31.1 Å². The molecule has 7 heteroatoms. The molecule has 0 radical (unpaired) electrons. The second-order valence-electron chi connectivity index (χ2n) is 9.10. The van der Waals surface area contributed by atoms with Crippen molar-refractivity contribution >= 4 is 12.0 Å². The van der Waals surface area contributed by atoms with Crippen LogP contribution >= 0.6 is 0 Å². The number of carbonyl (C=O) groups excluding carboxylic acids is 1. The summed E-state index contributed by atoms with van der Waals surface area (Å²) >= 11 is 0. The average Bonchev–Trinajstić information content (AvgIpc) is 3.33. The van der Waals surface area contributed by atoms with Crippen molar-refractivity contribution in [1.29, 1.82) is 0 Å². The summed E-state index contributed by atoms with van der Waals surface area (Å²) in [5.41, 5.74) is 4.52. The number of hydrogen-bond donors (Lipinski definition) is 4. The fraction of sp³-hybridized carbons (Fsp3) is 0.357. The molecule has 1 fully saturated rings. The minimum Gasteiger partial charge on any atom is -0.395 e. The summed E-state index contributed by atoms with van der Waals surface area (Å²) in [6.45, 7) is 1.86. The predicted octanol–water partition coefficient (Wildman–Crippen LogP) is 3.45. The zero-order valence-electron chi connectivity index (χ0n) is 19.9. The molecule has 35 heavy (non-hydrogen) atoms. The van der Waals surface area contributed by atoms with Crippen LogP contribution in [0, 0.1) is 5.92 Å². The molecule has 1 unspecified atom stereocenters. The first kappa shape index (κ1) is 24.9. The SMILES string of the molecule is C[C@H](O)c1nccn1C(/C=C/c1ccc(-c2ccc(C3CC(C(=O)NCCO)C3)cc2)cc1)CO. The number of aromatic nitrogens is 2. The number of benzene rings is 2. The minimum atomic E-state index is -0.708. The van der Waals surface area contributed by atoms with E-state index in [0.29, 0.717) is 18.3 Å². The highest BCUT2D eigenvalue weighted by Crippen LogP contribution is 2.42. The minimum absolute atomic E-state index is 0.0277. The van der Waals surface area contributed by atoms with E-state index in [1.165, 1.54) is 5.56 Å². The number of aliphatic hydroxyl groups excluding tert-OH is 3. The Balaban J connectivity index is 1.36. The average molecular weight is 476 g/mol. The smallest absolute Gasteiger partial charge is 0.223 e. The molecule has 1 aliphatic carbocycles. The third kappa shape index (κ3) is 5.88. The topological polar surface area (TPSA) is 108 Å². The molecule has 0 spiro atoms. The van der Waals surface area contributed by atoms with Gasteiger partial charge in [-0.15, -0.1) is 0 Å². The molecule has 7 nitrogen and oxygen atoms in total. The number of carbonyl (C=O) groups is 1. The molecule has 2 aromatic carbocycles. The van der Waals surface area contributed by atoms with Gasteiger partial charge in [0.2, 0.25) is 5.91 Å². The second-order valence-corrected chi connectivity index (χ2v) is 9.10. The van der Waals surface area contributed by atoms with Gasteiger partial charge in [0.05, 0.1) is 19.3 Å². The normalized spacial score (nSPS) is 19.3. The van der Waals surface area contributed by atoms with E-state index in [4.69, 9.17) is 5.11 Å². The molecule has 4 N–H and O–H groups in total. The molecule has 1 aliphatic rings. The Kier molecular flexibility index (Phi) is 8.13. The summed E-state index contributed by atoms with van der Waals surface area (Å²) in [4.78, 5) is 16.2. The van der Waals surface area contributed by atoms with Crippen molar-refractivity contribution in [2.75, 3.05) is 19.8 Å². The molecule has 1 heterocycles. The fourth-order valence-corrected chi connectivity index (χ4v) is 4.55. The number of aliphatic hydroxyl groups is 3. The number of imidazole rings is 1. The summed E-state index contributed by atoms with van der Waals surface area (Å²) in [6, 6.07) is 16.5. The fourth-order valence-electron chi connectivity index (χ4n) is 4.55. The van der Waals surface area contributed by atoms with Gasteiger partial charge in [0, 0.05) is 24.9 Å². The lowest BCUT2D eigenvalue weighted by atomic mass is 9.71. The summed E-state index contributed by atoms with van der Waals surface area (Å²) in [5, 5.41) is 31.3. The van der Waals surface area contributed by atoms with Crippen molar-refractivity contribution in [3.05, 3.63) is 84.0 Å². The van der Waals surface area contributed by atoms with E-state index in [1.807, 2.05) is 24.3 Å². The van der Waals surface area contributed by atoms with Gasteiger partial charge in [0.1, 0.15) is 11.9 Å². The largest absolute Gasteiger partial charge is 0.395 e.